The number of carbonyl (C=O) groups excluding carboxylic acids is 1. The highest BCUT2D eigenvalue weighted by molar-refractivity contribution is 6.42. The fraction of sp³-hybridized carbons (Fsp3) is 0.222. The van der Waals surface area contributed by atoms with Crippen LogP contribution in [0.25, 0.3) is 0 Å². The Morgan fingerprint density at radius 3 is 2.58 bits per heavy atom. The standard InChI is InChI=1S/C18H15Cl2NO3/c1-10(11-6-7-13(19)14(20)8-11)17-12-4-2-3-5-15(12)21(18(17)24)9-16(22)23/h2-8,10,17H,9H2,1H3,(H,22,23). The molecule has 6 heteroatoms. The Balaban J connectivity index is 2.02. The number of carboxylic acids is 1. The summed E-state index contributed by atoms with van der Waals surface area (Å²) in [4.78, 5) is 25.3. The number of benzene rings is 2. The third-order valence-corrected chi connectivity index (χ3v) is 5.10. The lowest BCUT2D eigenvalue weighted by Gasteiger charge is -2.20. The largest absolute Gasteiger partial charge is 0.480 e. The molecule has 1 amide bonds. The summed E-state index contributed by atoms with van der Waals surface area (Å²) in [5.41, 5.74) is 2.37. The van der Waals surface area contributed by atoms with E-state index in [1.165, 1.54) is 4.90 Å². The molecular weight excluding hydrogens is 349 g/mol. The molecule has 2 unspecified atom stereocenters. The van der Waals surface area contributed by atoms with Gasteiger partial charge in [0, 0.05) is 5.69 Å². The minimum atomic E-state index is -1.04. The first-order valence-corrected chi connectivity index (χ1v) is 8.22. The van der Waals surface area contributed by atoms with E-state index in [0.717, 1.165) is 11.1 Å². The first-order chi connectivity index (χ1) is 11.4. The van der Waals surface area contributed by atoms with Gasteiger partial charge in [-0.2, -0.15) is 0 Å². The van der Waals surface area contributed by atoms with Crippen molar-refractivity contribution in [2.75, 3.05) is 11.4 Å². The molecule has 3 rings (SSSR count). The second-order valence-corrected chi connectivity index (χ2v) is 6.63. The summed E-state index contributed by atoms with van der Waals surface area (Å²) in [7, 11) is 0. The summed E-state index contributed by atoms with van der Waals surface area (Å²) in [5.74, 6) is -1.86. The van der Waals surface area contributed by atoms with Gasteiger partial charge in [-0.3, -0.25) is 9.59 Å². The summed E-state index contributed by atoms with van der Waals surface area (Å²) in [6.45, 7) is 1.59. The van der Waals surface area contributed by atoms with Crippen molar-refractivity contribution in [1.29, 1.82) is 0 Å². The Labute approximate surface area is 149 Å². The highest BCUT2D eigenvalue weighted by Gasteiger charge is 2.41. The number of carboxylic acid groups (broad SMARTS) is 1. The molecule has 4 nitrogen and oxygen atoms in total. The maximum absolute atomic E-state index is 12.9. The zero-order valence-corrected chi connectivity index (χ0v) is 14.4. The van der Waals surface area contributed by atoms with E-state index >= 15 is 0 Å². The second-order valence-electron chi connectivity index (χ2n) is 5.82. The number of hydrogen-bond acceptors (Lipinski definition) is 2. The maximum Gasteiger partial charge on any atom is 0.323 e. The van der Waals surface area contributed by atoms with E-state index in [-0.39, 0.29) is 18.4 Å². The van der Waals surface area contributed by atoms with Crippen LogP contribution in [0.2, 0.25) is 10.0 Å². The fourth-order valence-corrected chi connectivity index (χ4v) is 3.49. The van der Waals surface area contributed by atoms with Crippen LogP contribution in [0, 0.1) is 0 Å². The number of fused-ring (bicyclic) bond motifs is 1. The number of anilines is 1. The van der Waals surface area contributed by atoms with Gasteiger partial charge in [0.15, 0.2) is 0 Å². The van der Waals surface area contributed by atoms with Crippen molar-refractivity contribution in [2.45, 2.75) is 18.8 Å². The summed E-state index contributed by atoms with van der Waals surface area (Å²) in [6, 6.07) is 12.6. The van der Waals surface area contributed by atoms with E-state index in [4.69, 9.17) is 28.3 Å². The van der Waals surface area contributed by atoms with E-state index in [0.29, 0.717) is 15.7 Å². The molecule has 0 saturated heterocycles. The van der Waals surface area contributed by atoms with Crippen molar-refractivity contribution in [3.63, 3.8) is 0 Å². The molecule has 0 aliphatic carbocycles. The van der Waals surface area contributed by atoms with Gasteiger partial charge in [-0.15, -0.1) is 0 Å². The van der Waals surface area contributed by atoms with Crippen LogP contribution in [0.5, 0.6) is 0 Å². The molecule has 0 spiro atoms. The van der Waals surface area contributed by atoms with Crippen LogP contribution in [0.1, 0.15) is 29.9 Å². The Kier molecular flexibility index (Phi) is 4.52. The van der Waals surface area contributed by atoms with Crippen LogP contribution in [0.4, 0.5) is 5.69 Å². The van der Waals surface area contributed by atoms with E-state index in [2.05, 4.69) is 0 Å². The molecule has 2 atom stereocenters. The fourth-order valence-electron chi connectivity index (χ4n) is 3.19. The summed E-state index contributed by atoms with van der Waals surface area (Å²) >= 11 is 12.1. The highest BCUT2D eigenvalue weighted by Crippen LogP contribution is 2.45. The third kappa shape index (κ3) is 2.87. The minimum Gasteiger partial charge on any atom is -0.480 e. The number of para-hydroxylation sites is 1. The summed E-state index contributed by atoms with van der Waals surface area (Å²) in [5, 5.41) is 9.99. The lowest BCUT2D eigenvalue weighted by atomic mass is 9.83. The molecule has 1 N–H and O–H groups in total. The zero-order chi connectivity index (χ0) is 17.4. The van der Waals surface area contributed by atoms with Gasteiger partial charge >= 0.3 is 5.97 Å². The SMILES string of the molecule is CC(c1ccc(Cl)c(Cl)c1)C1C(=O)N(CC(=O)O)c2ccccc21. The molecule has 1 aliphatic rings. The summed E-state index contributed by atoms with van der Waals surface area (Å²) < 4.78 is 0. The summed E-state index contributed by atoms with van der Waals surface area (Å²) in [6.07, 6.45) is 0. The van der Waals surface area contributed by atoms with Crippen molar-refractivity contribution in [1.82, 2.24) is 0 Å². The number of hydrogen-bond donors (Lipinski definition) is 1. The zero-order valence-electron chi connectivity index (χ0n) is 12.9. The van der Waals surface area contributed by atoms with Crippen LogP contribution in [-0.2, 0) is 9.59 Å². The molecule has 0 saturated carbocycles. The van der Waals surface area contributed by atoms with Crippen LogP contribution in [0.3, 0.4) is 0 Å². The van der Waals surface area contributed by atoms with E-state index < -0.39 is 11.9 Å². The molecule has 2 aromatic rings. The molecule has 1 aliphatic heterocycles. The molecule has 2 aromatic carbocycles. The van der Waals surface area contributed by atoms with Crippen molar-refractivity contribution in [3.8, 4) is 0 Å². The second kappa shape index (κ2) is 6.46. The Bertz CT molecular complexity index is 822. The first kappa shape index (κ1) is 16.8. The molecular formula is C18H15Cl2NO3. The Hall–Kier alpha value is -2.04. The molecule has 1 heterocycles. The average molecular weight is 364 g/mol. The number of halogens is 2. The molecule has 24 heavy (non-hydrogen) atoms. The Morgan fingerprint density at radius 1 is 1.21 bits per heavy atom. The average Bonchev–Trinajstić information content (AvgIpc) is 2.81. The van der Waals surface area contributed by atoms with Crippen LogP contribution in [0.15, 0.2) is 42.5 Å². The topological polar surface area (TPSA) is 57.6 Å². The van der Waals surface area contributed by atoms with Crippen molar-refractivity contribution in [2.24, 2.45) is 0 Å². The van der Waals surface area contributed by atoms with Crippen molar-refractivity contribution >= 4 is 40.8 Å². The molecule has 0 aromatic heterocycles. The maximum atomic E-state index is 12.9. The molecule has 0 bridgehead atoms. The van der Waals surface area contributed by atoms with Gasteiger partial charge in [0.05, 0.1) is 16.0 Å². The van der Waals surface area contributed by atoms with Gasteiger partial charge in [-0.05, 0) is 35.2 Å². The van der Waals surface area contributed by atoms with Gasteiger partial charge < -0.3 is 10.0 Å². The number of rotatable bonds is 4. The Morgan fingerprint density at radius 2 is 1.92 bits per heavy atom. The number of aliphatic carboxylic acids is 1. The van der Waals surface area contributed by atoms with Crippen molar-refractivity contribution in [3.05, 3.63) is 63.6 Å². The third-order valence-electron chi connectivity index (χ3n) is 4.36. The van der Waals surface area contributed by atoms with Gasteiger partial charge in [-0.1, -0.05) is 54.4 Å². The first-order valence-electron chi connectivity index (χ1n) is 7.47. The quantitative estimate of drug-likeness (QED) is 0.880. The minimum absolute atomic E-state index is 0.160. The molecule has 124 valence electrons. The molecule has 0 fully saturated rings. The smallest absolute Gasteiger partial charge is 0.323 e. The van der Waals surface area contributed by atoms with E-state index in [9.17, 15) is 9.59 Å². The van der Waals surface area contributed by atoms with Crippen LogP contribution in [-0.4, -0.2) is 23.5 Å². The van der Waals surface area contributed by atoms with E-state index in [1.807, 2.05) is 25.1 Å². The van der Waals surface area contributed by atoms with Gasteiger partial charge in [0.2, 0.25) is 5.91 Å². The van der Waals surface area contributed by atoms with E-state index in [1.54, 1.807) is 24.3 Å². The van der Waals surface area contributed by atoms with Gasteiger partial charge in [0.1, 0.15) is 6.54 Å². The predicted octanol–water partition coefficient (Wildman–Crippen LogP) is 4.31. The highest BCUT2D eigenvalue weighted by atomic mass is 35.5. The number of carbonyl (C=O) groups is 2. The lowest BCUT2D eigenvalue weighted by molar-refractivity contribution is -0.136. The van der Waals surface area contributed by atoms with Gasteiger partial charge in [-0.25, -0.2) is 0 Å². The lowest BCUT2D eigenvalue weighted by Crippen LogP contribution is -2.34. The van der Waals surface area contributed by atoms with Crippen molar-refractivity contribution < 1.29 is 14.7 Å². The van der Waals surface area contributed by atoms with Crippen LogP contribution < -0.4 is 4.90 Å². The van der Waals surface area contributed by atoms with Crippen LogP contribution >= 0.6 is 23.2 Å². The normalized spacial score (nSPS) is 17.7. The number of amides is 1. The monoisotopic (exact) mass is 363 g/mol. The molecule has 0 radical (unpaired) electrons. The predicted molar refractivity (Wildman–Crippen MR) is 94.0 cm³/mol. The van der Waals surface area contributed by atoms with Gasteiger partial charge in [0.25, 0.3) is 0 Å². The number of nitrogens with zero attached hydrogens (tertiary/aromatic N) is 1.